The van der Waals surface area contributed by atoms with Gasteiger partial charge < -0.3 is 9.88 Å². The van der Waals surface area contributed by atoms with E-state index >= 15 is 0 Å². The van der Waals surface area contributed by atoms with E-state index in [9.17, 15) is 9.59 Å². The minimum atomic E-state index is -0.426. The summed E-state index contributed by atoms with van der Waals surface area (Å²) in [6, 6.07) is 18.4. The van der Waals surface area contributed by atoms with Crippen LogP contribution in [0.1, 0.15) is 27.0 Å². The molecule has 0 spiro atoms. The molecule has 1 aromatic carbocycles. The van der Waals surface area contributed by atoms with Crippen molar-refractivity contribution in [1.29, 1.82) is 5.41 Å². The highest BCUT2D eigenvalue weighted by Crippen LogP contribution is 2.14. The number of rotatable bonds is 5. The Morgan fingerprint density at radius 2 is 1.82 bits per heavy atom. The second kappa shape index (κ2) is 8.74. The summed E-state index contributed by atoms with van der Waals surface area (Å²) in [5.74, 6) is -0.426. The van der Waals surface area contributed by atoms with Gasteiger partial charge in [0.25, 0.3) is 11.5 Å². The third-order valence-corrected chi connectivity index (χ3v) is 5.74. The summed E-state index contributed by atoms with van der Waals surface area (Å²) in [6.45, 7) is 2.44. The molecule has 34 heavy (non-hydrogen) atoms. The lowest BCUT2D eigenvalue weighted by atomic mass is 10.1. The summed E-state index contributed by atoms with van der Waals surface area (Å²) >= 11 is 0. The van der Waals surface area contributed by atoms with Crippen molar-refractivity contribution in [3.05, 3.63) is 117 Å². The number of aryl methyl sites for hydroxylation is 1. The van der Waals surface area contributed by atoms with Crippen molar-refractivity contribution in [3.8, 4) is 0 Å². The van der Waals surface area contributed by atoms with E-state index in [2.05, 4.69) is 10.3 Å². The zero-order chi connectivity index (χ0) is 23.7. The normalized spacial score (nSPS) is 11.1. The molecule has 5 rings (SSSR count). The van der Waals surface area contributed by atoms with Crippen molar-refractivity contribution in [3.63, 3.8) is 0 Å². The SMILES string of the molecule is Cc1cccn2c(=O)c3cc(C(=O)NCc4ccccc4)c(=N)n(Cc4cccnc4)c3nc12. The van der Waals surface area contributed by atoms with E-state index in [4.69, 9.17) is 10.4 Å². The molecule has 1 amide bonds. The smallest absolute Gasteiger partial charge is 0.267 e. The van der Waals surface area contributed by atoms with E-state index < -0.39 is 5.91 Å². The summed E-state index contributed by atoms with van der Waals surface area (Å²) in [5, 5.41) is 12.0. The summed E-state index contributed by atoms with van der Waals surface area (Å²) in [7, 11) is 0. The molecule has 4 heterocycles. The Bertz CT molecular complexity index is 1640. The maximum absolute atomic E-state index is 13.4. The maximum Gasteiger partial charge on any atom is 0.267 e. The van der Waals surface area contributed by atoms with E-state index in [1.807, 2.05) is 49.4 Å². The van der Waals surface area contributed by atoms with Crippen LogP contribution in [0.4, 0.5) is 0 Å². The van der Waals surface area contributed by atoms with Crippen LogP contribution >= 0.6 is 0 Å². The van der Waals surface area contributed by atoms with Crippen LogP contribution in [0.15, 0.2) is 84.0 Å². The highest BCUT2D eigenvalue weighted by Gasteiger charge is 2.18. The van der Waals surface area contributed by atoms with Gasteiger partial charge in [0.05, 0.1) is 17.5 Å². The molecule has 5 aromatic rings. The lowest BCUT2D eigenvalue weighted by molar-refractivity contribution is 0.0948. The Balaban J connectivity index is 1.70. The number of nitrogens with one attached hydrogen (secondary N) is 2. The van der Waals surface area contributed by atoms with Crippen LogP contribution in [0, 0.1) is 12.3 Å². The Morgan fingerprint density at radius 3 is 2.59 bits per heavy atom. The number of fused-ring (bicyclic) bond motifs is 2. The van der Waals surface area contributed by atoms with Crippen molar-refractivity contribution in [2.75, 3.05) is 0 Å². The van der Waals surface area contributed by atoms with E-state index in [0.717, 1.165) is 16.7 Å². The van der Waals surface area contributed by atoms with E-state index in [0.29, 0.717) is 17.8 Å². The zero-order valence-corrected chi connectivity index (χ0v) is 18.5. The molecular weight excluding hydrogens is 428 g/mol. The molecule has 0 saturated heterocycles. The molecule has 4 aromatic heterocycles. The third kappa shape index (κ3) is 3.86. The lowest BCUT2D eigenvalue weighted by Gasteiger charge is -2.15. The molecule has 0 fully saturated rings. The number of pyridine rings is 3. The standard InChI is InChI=1S/C26H22N6O2/c1-17-7-6-12-31-23(17)30-24-21(26(31)34)13-20(25(33)29-15-18-8-3-2-4-9-18)22(27)32(24)16-19-10-5-11-28-14-19/h2-14,27H,15-16H2,1H3,(H,29,33). The van der Waals surface area contributed by atoms with Gasteiger partial charge >= 0.3 is 0 Å². The predicted octanol–water partition coefficient (Wildman–Crippen LogP) is 2.81. The molecular formula is C26H22N6O2. The van der Waals surface area contributed by atoms with E-state index in [1.54, 1.807) is 35.3 Å². The Labute approximate surface area is 194 Å². The molecule has 0 bridgehead atoms. The van der Waals surface area contributed by atoms with Gasteiger partial charge in [-0.25, -0.2) is 4.98 Å². The minimum Gasteiger partial charge on any atom is -0.348 e. The van der Waals surface area contributed by atoms with Crippen molar-refractivity contribution >= 4 is 22.6 Å². The fourth-order valence-corrected chi connectivity index (χ4v) is 3.97. The number of benzene rings is 1. The number of carbonyl (C=O) groups excluding carboxylic acids is 1. The second-order valence-corrected chi connectivity index (χ2v) is 8.06. The highest BCUT2D eigenvalue weighted by atomic mass is 16.1. The zero-order valence-electron chi connectivity index (χ0n) is 18.5. The fourth-order valence-electron chi connectivity index (χ4n) is 3.97. The monoisotopic (exact) mass is 450 g/mol. The first-order valence-corrected chi connectivity index (χ1v) is 10.8. The summed E-state index contributed by atoms with van der Waals surface area (Å²) in [6.07, 6.45) is 5.02. The Morgan fingerprint density at radius 1 is 1.03 bits per heavy atom. The van der Waals surface area contributed by atoms with Gasteiger partial charge in [-0.2, -0.15) is 0 Å². The van der Waals surface area contributed by atoms with Crippen LogP contribution in [-0.4, -0.2) is 24.8 Å². The van der Waals surface area contributed by atoms with Crippen molar-refractivity contribution in [1.82, 2.24) is 24.3 Å². The van der Waals surface area contributed by atoms with Gasteiger partial charge in [0.2, 0.25) is 0 Å². The Kier molecular flexibility index (Phi) is 5.47. The average molecular weight is 451 g/mol. The number of hydrogen-bond donors (Lipinski definition) is 2. The molecule has 0 aliphatic rings. The van der Waals surface area contributed by atoms with Crippen LogP contribution in [0.3, 0.4) is 0 Å². The number of aromatic nitrogens is 4. The van der Waals surface area contributed by atoms with Gasteiger partial charge in [0.1, 0.15) is 16.8 Å². The summed E-state index contributed by atoms with van der Waals surface area (Å²) < 4.78 is 3.07. The van der Waals surface area contributed by atoms with Crippen LogP contribution in [0.25, 0.3) is 16.7 Å². The molecule has 0 atom stereocenters. The summed E-state index contributed by atoms with van der Waals surface area (Å²) in [5.41, 5.74) is 3.27. The molecule has 168 valence electrons. The number of carbonyl (C=O) groups is 1. The topological polar surface area (TPSA) is 105 Å². The fraction of sp³-hybridized carbons (Fsp3) is 0.115. The van der Waals surface area contributed by atoms with E-state index in [-0.39, 0.29) is 28.5 Å². The van der Waals surface area contributed by atoms with E-state index in [1.165, 1.54) is 10.5 Å². The first-order valence-electron chi connectivity index (χ1n) is 10.8. The average Bonchev–Trinajstić information content (AvgIpc) is 2.86. The lowest BCUT2D eigenvalue weighted by Crippen LogP contribution is -2.35. The van der Waals surface area contributed by atoms with Gasteiger partial charge in [-0.15, -0.1) is 0 Å². The van der Waals surface area contributed by atoms with Crippen LogP contribution in [0.5, 0.6) is 0 Å². The van der Waals surface area contributed by atoms with Crippen LogP contribution < -0.4 is 16.4 Å². The van der Waals surface area contributed by atoms with Crippen molar-refractivity contribution in [2.45, 2.75) is 20.0 Å². The number of amides is 1. The maximum atomic E-state index is 13.4. The third-order valence-electron chi connectivity index (χ3n) is 5.74. The molecule has 8 nitrogen and oxygen atoms in total. The molecule has 0 saturated carbocycles. The molecule has 2 N–H and O–H groups in total. The van der Waals surface area contributed by atoms with Crippen LogP contribution in [-0.2, 0) is 13.1 Å². The first-order chi connectivity index (χ1) is 16.5. The molecule has 0 radical (unpaired) electrons. The predicted molar refractivity (Wildman–Crippen MR) is 129 cm³/mol. The molecule has 0 aliphatic carbocycles. The largest absolute Gasteiger partial charge is 0.348 e. The van der Waals surface area contributed by atoms with Gasteiger partial charge in [-0.05, 0) is 41.8 Å². The van der Waals surface area contributed by atoms with Gasteiger partial charge in [0.15, 0.2) is 0 Å². The van der Waals surface area contributed by atoms with Crippen molar-refractivity contribution in [2.24, 2.45) is 0 Å². The molecule has 0 unspecified atom stereocenters. The van der Waals surface area contributed by atoms with Crippen LogP contribution in [0.2, 0.25) is 0 Å². The second-order valence-electron chi connectivity index (χ2n) is 8.06. The van der Waals surface area contributed by atoms with Gasteiger partial charge in [-0.1, -0.05) is 42.5 Å². The Hall–Kier alpha value is -4.59. The molecule has 0 aliphatic heterocycles. The quantitative estimate of drug-likeness (QED) is 0.402. The van der Waals surface area contributed by atoms with Gasteiger partial charge in [0, 0.05) is 25.1 Å². The first kappa shape index (κ1) is 21.3. The highest BCUT2D eigenvalue weighted by molar-refractivity contribution is 5.96. The summed E-state index contributed by atoms with van der Waals surface area (Å²) in [4.78, 5) is 35.4. The van der Waals surface area contributed by atoms with Gasteiger partial charge in [-0.3, -0.25) is 24.4 Å². The molecule has 8 heteroatoms. The number of hydrogen-bond acceptors (Lipinski definition) is 5. The minimum absolute atomic E-state index is 0.0215. The number of nitrogens with zero attached hydrogens (tertiary/aromatic N) is 4. The van der Waals surface area contributed by atoms with Crippen molar-refractivity contribution < 1.29 is 4.79 Å².